The maximum absolute atomic E-state index is 10.6. The molecular formula is C50H101NO9. The molecule has 1 fully saturated rings. The number of carbonyl (C=O) groups excluding carboxylic acids is 1. The molecule has 1 rings (SSSR count). The van der Waals surface area contributed by atoms with Crippen LogP contribution in [0.5, 0.6) is 0 Å². The van der Waals surface area contributed by atoms with Crippen LogP contribution < -0.4 is 5.73 Å². The molecule has 0 spiro atoms. The first-order valence-corrected chi connectivity index (χ1v) is 25.7. The molecule has 10 heteroatoms. The summed E-state index contributed by atoms with van der Waals surface area (Å²) in [4.78, 5) is 10.6. The van der Waals surface area contributed by atoms with Crippen LogP contribution in [-0.2, 0) is 14.3 Å². The predicted molar refractivity (Wildman–Crippen MR) is 248 cm³/mol. The van der Waals surface area contributed by atoms with Crippen LogP contribution in [0.1, 0.15) is 251 Å². The summed E-state index contributed by atoms with van der Waals surface area (Å²) in [5.41, 5.74) is 5.14. The van der Waals surface area contributed by atoms with Gasteiger partial charge in [0.25, 0.3) is 0 Å². The summed E-state index contributed by atoms with van der Waals surface area (Å²) < 4.78 is 11.1. The molecule has 60 heavy (non-hydrogen) atoms. The van der Waals surface area contributed by atoms with Gasteiger partial charge in [0.05, 0.1) is 24.9 Å². The fourth-order valence-electron chi connectivity index (χ4n) is 8.24. The summed E-state index contributed by atoms with van der Waals surface area (Å²) in [7, 11) is 0. The van der Waals surface area contributed by atoms with E-state index in [1.807, 2.05) is 0 Å². The Hall–Kier alpha value is -0.850. The number of aliphatic hydroxyl groups is 6. The highest BCUT2D eigenvalue weighted by Crippen LogP contribution is 2.25. The third-order valence-electron chi connectivity index (χ3n) is 12.4. The third-order valence-corrected chi connectivity index (χ3v) is 12.4. The topological polar surface area (TPSA) is 183 Å². The lowest BCUT2D eigenvalue weighted by Gasteiger charge is -2.40. The van der Waals surface area contributed by atoms with E-state index in [0.717, 1.165) is 38.9 Å². The first-order chi connectivity index (χ1) is 29.2. The van der Waals surface area contributed by atoms with Crippen LogP contribution in [0, 0.1) is 0 Å². The summed E-state index contributed by atoms with van der Waals surface area (Å²) in [6.45, 7) is 5.98. The van der Waals surface area contributed by atoms with Gasteiger partial charge in [-0.1, -0.05) is 200 Å². The Morgan fingerprint density at radius 1 is 0.483 bits per heavy atom. The molecule has 0 aromatic carbocycles. The van der Waals surface area contributed by atoms with Crippen molar-refractivity contribution in [3.63, 3.8) is 0 Å². The fourth-order valence-corrected chi connectivity index (χ4v) is 8.24. The molecule has 360 valence electrons. The SMILES string of the molecule is CCCCCCCCCCCCCCC(O)C(O)CCCC1OC(CO)C(O)C(O)C1O.CCCCCOCCCCCCCCCCCCCCCCCCCC(N)=O. The average Bonchev–Trinajstić information content (AvgIpc) is 3.24. The number of hydrogen-bond donors (Lipinski definition) is 7. The summed E-state index contributed by atoms with van der Waals surface area (Å²) >= 11 is 0. The van der Waals surface area contributed by atoms with Gasteiger partial charge in [0.15, 0.2) is 0 Å². The minimum atomic E-state index is -1.37. The second-order valence-corrected chi connectivity index (χ2v) is 18.2. The summed E-state index contributed by atoms with van der Waals surface area (Å²) in [6.07, 6.45) is 37.0. The van der Waals surface area contributed by atoms with Gasteiger partial charge in [0, 0.05) is 19.6 Å². The smallest absolute Gasteiger partial charge is 0.217 e. The highest BCUT2D eigenvalue weighted by molar-refractivity contribution is 5.73. The minimum absolute atomic E-state index is 0.154. The van der Waals surface area contributed by atoms with Crippen LogP contribution >= 0.6 is 0 Å². The lowest BCUT2D eigenvalue weighted by molar-refractivity contribution is -0.230. The minimum Gasteiger partial charge on any atom is -0.394 e. The molecule has 1 amide bonds. The molecule has 7 unspecified atom stereocenters. The molecule has 0 aliphatic carbocycles. The molecule has 7 atom stereocenters. The van der Waals surface area contributed by atoms with E-state index in [9.17, 15) is 35.4 Å². The molecule has 0 aromatic rings. The molecule has 0 saturated carbocycles. The molecule has 1 aliphatic rings. The molecule has 1 heterocycles. The van der Waals surface area contributed by atoms with Crippen molar-refractivity contribution in [2.75, 3.05) is 19.8 Å². The largest absolute Gasteiger partial charge is 0.394 e. The van der Waals surface area contributed by atoms with Crippen LogP contribution in [0.2, 0.25) is 0 Å². The second kappa shape index (κ2) is 44.7. The van der Waals surface area contributed by atoms with Gasteiger partial charge in [0.1, 0.15) is 24.4 Å². The Kier molecular flexibility index (Phi) is 44.1. The van der Waals surface area contributed by atoms with E-state index in [-0.39, 0.29) is 5.91 Å². The summed E-state index contributed by atoms with van der Waals surface area (Å²) in [6, 6.07) is 0. The zero-order valence-corrected chi connectivity index (χ0v) is 39.3. The number of primary amides is 1. The first kappa shape index (κ1) is 59.1. The normalized spacial score (nSPS) is 20.2. The van der Waals surface area contributed by atoms with Crippen molar-refractivity contribution in [1.29, 1.82) is 0 Å². The molecule has 1 aliphatic heterocycles. The Labute approximate surface area is 369 Å². The van der Waals surface area contributed by atoms with E-state index in [4.69, 9.17) is 15.2 Å². The van der Waals surface area contributed by atoms with Gasteiger partial charge < -0.3 is 45.8 Å². The van der Waals surface area contributed by atoms with Crippen molar-refractivity contribution in [1.82, 2.24) is 0 Å². The van der Waals surface area contributed by atoms with Crippen molar-refractivity contribution < 1.29 is 44.9 Å². The third kappa shape index (κ3) is 36.6. The average molecular weight is 860 g/mol. The predicted octanol–water partition coefficient (Wildman–Crippen LogP) is 10.5. The van der Waals surface area contributed by atoms with Gasteiger partial charge in [-0.05, 0) is 44.9 Å². The highest BCUT2D eigenvalue weighted by Gasteiger charge is 2.43. The number of rotatable bonds is 43. The summed E-state index contributed by atoms with van der Waals surface area (Å²) in [5, 5.41) is 59.3. The van der Waals surface area contributed by atoms with E-state index in [1.165, 1.54) is 180 Å². The number of hydrogen-bond acceptors (Lipinski definition) is 9. The Morgan fingerprint density at radius 3 is 1.23 bits per heavy atom. The second-order valence-electron chi connectivity index (χ2n) is 18.2. The van der Waals surface area contributed by atoms with Crippen molar-refractivity contribution in [3.05, 3.63) is 0 Å². The lowest BCUT2D eigenvalue weighted by Crippen LogP contribution is -2.58. The van der Waals surface area contributed by atoms with Gasteiger partial charge in [-0.25, -0.2) is 0 Å². The van der Waals surface area contributed by atoms with Crippen LogP contribution in [0.3, 0.4) is 0 Å². The lowest BCUT2D eigenvalue weighted by atomic mass is 9.91. The number of ether oxygens (including phenoxy) is 2. The van der Waals surface area contributed by atoms with Crippen LogP contribution in [0.4, 0.5) is 0 Å². The van der Waals surface area contributed by atoms with E-state index in [2.05, 4.69) is 13.8 Å². The zero-order chi connectivity index (χ0) is 44.3. The summed E-state index contributed by atoms with van der Waals surface area (Å²) in [5.74, 6) is -0.154. The van der Waals surface area contributed by atoms with Crippen molar-refractivity contribution in [2.24, 2.45) is 5.73 Å². The standard InChI is InChI=1S/C25H51NO2.C25H50O7/c1-2-3-20-23-28-24-21-18-16-14-12-10-8-6-4-5-7-9-11-13-15-17-19-22-25(26)27;1-2-3-4-5-6-7-8-9-10-11-12-13-15-19(27)20(28)16-14-17-21-23(29)25(31)24(30)22(18-26)32-21/h2-24H2,1H3,(H2,26,27);19-31H,2-18H2,1H3. The van der Waals surface area contributed by atoms with E-state index >= 15 is 0 Å². The Bertz CT molecular complexity index is 881. The molecule has 0 bridgehead atoms. The van der Waals surface area contributed by atoms with Gasteiger partial charge in [-0.3, -0.25) is 4.79 Å². The monoisotopic (exact) mass is 860 g/mol. The number of aliphatic hydroxyl groups excluding tert-OH is 6. The number of amides is 1. The Balaban J connectivity index is 0.00000117. The number of carbonyl (C=O) groups is 1. The quantitative estimate of drug-likeness (QED) is 0.0293. The molecular weight excluding hydrogens is 759 g/mol. The van der Waals surface area contributed by atoms with E-state index in [0.29, 0.717) is 32.1 Å². The molecule has 0 aromatic heterocycles. The number of unbranched alkanes of at least 4 members (excludes halogenated alkanes) is 29. The van der Waals surface area contributed by atoms with Gasteiger partial charge in [-0.15, -0.1) is 0 Å². The van der Waals surface area contributed by atoms with Crippen molar-refractivity contribution in [3.8, 4) is 0 Å². The first-order valence-electron chi connectivity index (χ1n) is 25.7. The molecule has 1 saturated heterocycles. The maximum Gasteiger partial charge on any atom is 0.217 e. The van der Waals surface area contributed by atoms with Gasteiger partial charge in [-0.2, -0.15) is 0 Å². The van der Waals surface area contributed by atoms with E-state index in [1.54, 1.807) is 0 Å². The van der Waals surface area contributed by atoms with Crippen molar-refractivity contribution in [2.45, 2.75) is 294 Å². The fraction of sp³-hybridized carbons (Fsp3) is 0.980. The molecule has 0 radical (unpaired) electrons. The molecule has 8 N–H and O–H groups in total. The Morgan fingerprint density at radius 2 is 0.817 bits per heavy atom. The van der Waals surface area contributed by atoms with E-state index < -0.39 is 49.3 Å². The van der Waals surface area contributed by atoms with Crippen LogP contribution in [0.15, 0.2) is 0 Å². The zero-order valence-electron chi connectivity index (χ0n) is 39.3. The maximum atomic E-state index is 10.6. The van der Waals surface area contributed by atoms with Crippen molar-refractivity contribution >= 4 is 5.91 Å². The van der Waals surface area contributed by atoms with Gasteiger partial charge in [0.2, 0.25) is 5.91 Å². The molecule has 10 nitrogen and oxygen atoms in total. The van der Waals surface area contributed by atoms with Crippen LogP contribution in [-0.4, -0.2) is 99.1 Å². The number of nitrogens with two attached hydrogens (primary N) is 1. The highest BCUT2D eigenvalue weighted by atomic mass is 16.5. The van der Waals surface area contributed by atoms with Gasteiger partial charge >= 0.3 is 0 Å². The van der Waals surface area contributed by atoms with Crippen LogP contribution in [0.25, 0.3) is 0 Å².